The van der Waals surface area contributed by atoms with E-state index < -0.39 is 6.63 Å². The lowest BCUT2D eigenvalue weighted by molar-refractivity contribution is 0.306. The highest BCUT2D eigenvalue weighted by Gasteiger charge is 2.03. The highest BCUT2D eigenvalue weighted by Crippen LogP contribution is 2.45. The first-order valence-corrected chi connectivity index (χ1v) is 8.29. The Morgan fingerprint density at radius 3 is 2.12 bits per heavy atom. The van der Waals surface area contributed by atoms with Gasteiger partial charge in [-0.25, -0.2) is 0 Å². The van der Waals surface area contributed by atoms with E-state index in [2.05, 4.69) is 0 Å². The fourth-order valence-electron chi connectivity index (χ4n) is 1.40. The van der Waals surface area contributed by atoms with Crippen LogP contribution in [-0.2, 0) is 6.61 Å². The third kappa shape index (κ3) is 3.89. The largest absolute Gasteiger partial charge is 0.489 e. The van der Waals surface area contributed by atoms with Crippen LogP contribution in [0.3, 0.4) is 0 Å². The predicted molar refractivity (Wildman–Crippen MR) is 75.5 cm³/mol. The van der Waals surface area contributed by atoms with Crippen molar-refractivity contribution in [2.24, 2.45) is 0 Å². The van der Waals surface area contributed by atoms with Crippen molar-refractivity contribution in [2.75, 3.05) is 0 Å². The molecular formula is C13H11Cl2OP. The molecule has 17 heavy (non-hydrogen) atoms. The number of ether oxygens (including phenoxy) is 1. The van der Waals surface area contributed by atoms with E-state index in [-0.39, 0.29) is 0 Å². The molecule has 0 unspecified atom stereocenters. The summed E-state index contributed by atoms with van der Waals surface area (Å²) in [5, 5.41) is 0.940. The highest BCUT2D eigenvalue weighted by molar-refractivity contribution is 8.08. The molecule has 0 atom stereocenters. The van der Waals surface area contributed by atoms with Crippen molar-refractivity contribution in [3.8, 4) is 5.75 Å². The maximum absolute atomic E-state index is 5.82. The second-order valence-corrected chi connectivity index (χ2v) is 7.03. The molecule has 0 N–H and O–H groups in total. The molecule has 0 aromatic heterocycles. The topological polar surface area (TPSA) is 9.23 Å². The third-order valence-corrected chi connectivity index (χ3v) is 4.14. The molecule has 0 aliphatic rings. The lowest BCUT2D eigenvalue weighted by atomic mass is 10.2. The normalized spacial score (nSPS) is 10.5. The van der Waals surface area contributed by atoms with Gasteiger partial charge in [0.2, 0.25) is 0 Å². The molecular weight excluding hydrogens is 274 g/mol. The summed E-state index contributed by atoms with van der Waals surface area (Å²) in [4.78, 5) is 0. The number of hydrogen-bond acceptors (Lipinski definition) is 1. The highest BCUT2D eigenvalue weighted by atomic mass is 35.9. The van der Waals surface area contributed by atoms with E-state index in [1.54, 1.807) is 0 Å². The average molecular weight is 285 g/mol. The standard InChI is InChI=1S/C13H11Cl2OP/c14-17(15)13-8-6-12(7-9-13)16-10-11-4-2-1-3-5-11/h1-9H,10H2. The Balaban J connectivity index is 1.96. The first-order chi connectivity index (χ1) is 8.25. The van der Waals surface area contributed by atoms with Crippen LogP contribution < -0.4 is 10.0 Å². The Hall–Kier alpha value is -0.750. The van der Waals surface area contributed by atoms with E-state index in [1.165, 1.54) is 0 Å². The van der Waals surface area contributed by atoms with Gasteiger partial charge in [-0.2, -0.15) is 0 Å². The SMILES string of the molecule is ClP(Cl)c1ccc(OCc2ccccc2)cc1. The summed E-state index contributed by atoms with van der Waals surface area (Å²) in [6.45, 7) is -0.506. The number of halogens is 2. The lowest BCUT2D eigenvalue weighted by Crippen LogP contribution is -1.97. The monoisotopic (exact) mass is 284 g/mol. The smallest absolute Gasteiger partial charge is 0.119 e. The van der Waals surface area contributed by atoms with Crippen LogP contribution in [0.5, 0.6) is 5.75 Å². The Labute approximate surface area is 112 Å². The van der Waals surface area contributed by atoms with Crippen LogP contribution in [0.1, 0.15) is 5.56 Å². The minimum absolute atomic E-state index is 0.566. The van der Waals surface area contributed by atoms with Crippen LogP contribution in [0.25, 0.3) is 0 Å². The Kier molecular flexibility index (Phi) is 4.67. The first kappa shape index (κ1) is 12.7. The van der Waals surface area contributed by atoms with Crippen molar-refractivity contribution in [3.63, 3.8) is 0 Å². The van der Waals surface area contributed by atoms with Gasteiger partial charge in [-0.15, -0.1) is 0 Å². The van der Waals surface area contributed by atoms with Gasteiger partial charge >= 0.3 is 0 Å². The molecule has 2 aromatic carbocycles. The predicted octanol–water partition coefficient (Wildman–Crippen LogP) is 4.68. The summed E-state index contributed by atoms with van der Waals surface area (Å²) in [5.74, 6) is 0.822. The second-order valence-electron chi connectivity index (χ2n) is 3.50. The average Bonchev–Trinajstić information content (AvgIpc) is 2.38. The zero-order valence-corrected chi connectivity index (χ0v) is 11.4. The van der Waals surface area contributed by atoms with E-state index in [4.69, 9.17) is 27.2 Å². The quantitative estimate of drug-likeness (QED) is 0.741. The Morgan fingerprint density at radius 2 is 1.53 bits per heavy atom. The maximum atomic E-state index is 5.82. The first-order valence-electron chi connectivity index (χ1n) is 5.14. The number of rotatable bonds is 4. The van der Waals surface area contributed by atoms with Gasteiger partial charge in [-0.05, 0) is 29.8 Å². The van der Waals surface area contributed by atoms with E-state index in [0.29, 0.717) is 6.61 Å². The second kappa shape index (κ2) is 6.26. The number of hydrogen-bond donors (Lipinski definition) is 0. The lowest BCUT2D eigenvalue weighted by Gasteiger charge is -2.07. The molecule has 0 heterocycles. The fourth-order valence-corrected chi connectivity index (χ4v) is 2.45. The van der Waals surface area contributed by atoms with E-state index in [0.717, 1.165) is 16.6 Å². The van der Waals surface area contributed by atoms with Crippen molar-refractivity contribution < 1.29 is 4.74 Å². The van der Waals surface area contributed by atoms with Crippen molar-refractivity contribution in [3.05, 3.63) is 60.2 Å². The van der Waals surface area contributed by atoms with Crippen molar-refractivity contribution in [2.45, 2.75) is 6.61 Å². The molecule has 2 aromatic rings. The summed E-state index contributed by atoms with van der Waals surface area (Å²) in [6, 6.07) is 17.6. The van der Waals surface area contributed by atoms with Crippen LogP contribution in [0.4, 0.5) is 0 Å². The van der Waals surface area contributed by atoms with Gasteiger partial charge in [0.05, 0.1) is 0 Å². The summed E-state index contributed by atoms with van der Waals surface area (Å²) in [6.07, 6.45) is 0. The van der Waals surface area contributed by atoms with Gasteiger partial charge in [0.25, 0.3) is 0 Å². The molecule has 88 valence electrons. The summed E-state index contributed by atoms with van der Waals surface area (Å²) in [7, 11) is 0. The number of benzene rings is 2. The van der Waals surface area contributed by atoms with Crippen LogP contribution in [0.15, 0.2) is 54.6 Å². The molecule has 0 aliphatic heterocycles. The van der Waals surface area contributed by atoms with E-state index >= 15 is 0 Å². The van der Waals surface area contributed by atoms with Crippen molar-refractivity contribution >= 4 is 34.4 Å². The van der Waals surface area contributed by atoms with Crippen LogP contribution in [0, 0.1) is 0 Å². The van der Waals surface area contributed by atoms with Crippen molar-refractivity contribution in [1.82, 2.24) is 0 Å². The minimum atomic E-state index is -1.07. The molecule has 2 rings (SSSR count). The molecule has 0 fully saturated rings. The molecule has 0 saturated carbocycles. The van der Waals surface area contributed by atoms with Gasteiger partial charge in [-0.3, -0.25) is 0 Å². The Morgan fingerprint density at radius 1 is 0.882 bits per heavy atom. The molecule has 0 radical (unpaired) electrons. The molecule has 0 amide bonds. The molecule has 0 spiro atoms. The van der Waals surface area contributed by atoms with Gasteiger partial charge in [0.15, 0.2) is 0 Å². The fraction of sp³-hybridized carbons (Fsp3) is 0.0769. The van der Waals surface area contributed by atoms with Gasteiger partial charge in [-0.1, -0.05) is 52.8 Å². The molecule has 1 nitrogen and oxygen atoms in total. The maximum Gasteiger partial charge on any atom is 0.119 e. The summed E-state index contributed by atoms with van der Waals surface area (Å²) in [5.41, 5.74) is 1.15. The van der Waals surface area contributed by atoms with Gasteiger partial charge < -0.3 is 4.74 Å². The molecule has 0 bridgehead atoms. The zero-order valence-electron chi connectivity index (χ0n) is 9.01. The van der Waals surface area contributed by atoms with E-state index in [9.17, 15) is 0 Å². The van der Waals surface area contributed by atoms with Gasteiger partial charge in [0, 0.05) is 5.30 Å². The van der Waals surface area contributed by atoms with Gasteiger partial charge in [0.1, 0.15) is 19.0 Å². The molecule has 4 heteroatoms. The zero-order chi connectivity index (χ0) is 12.1. The van der Waals surface area contributed by atoms with Crippen molar-refractivity contribution in [1.29, 1.82) is 0 Å². The van der Waals surface area contributed by atoms with Crippen LogP contribution in [0.2, 0.25) is 0 Å². The third-order valence-electron chi connectivity index (χ3n) is 2.28. The Bertz CT molecular complexity index is 457. The van der Waals surface area contributed by atoms with E-state index in [1.807, 2.05) is 54.6 Å². The molecule has 0 aliphatic carbocycles. The van der Waals surface area contributed by atoms with Crippen LogP contribution >= 0.6 is 29.1 Å². The minimum Gasteiger partial charge on any atom is -0.489 e. The molecule has 0 saturated heterocycles. The summed E-state index contributed by atoms with van der Waals surface area (Å²) >= 11 is 11.6. The summed E-state index contributed by atoms with van der Waals surface area (Å²) < 4.78 is 5.65. The van der Waals surface area contributed by atoms with Crippen LogP contribution in [-0.4, -0.2) is 0 Å².